The molecule has 2 fully saturated rings. The van der Waals surface area contributed by atoms with Crippen molar-refractivity contribution in [3.63, 3.8) is 0 Å². The molecule has 0 aliphatic carbocycles. The number of halogens is 1. The van der Waals surface area contributed by atoms with Crippen LogP contribution < -0.4 is 4.74 Å². The Hall–Kier alpha value is -2.20. The van der Waals surface area contributed by atoms with E-state index in [1.165, 1.54) is 16.4 Å². The Labute approximate surface area is 150 Å². The molecule has 1 aromatic rings. The first kappa shape index (κ1) is 18.6. The smallest absolute Gasteiger partial charge is 0.417 e. The van der Waals surface area contributed by atoms with Gasteiger partial charge in [-0.25, -0.2) is 22.5 Å². The molecule has 0 saturated carbocycles. The summed E-state index contributed by atoms with van der Waals surface area (Å²) < 4.78 is 50.4. The van der Waals surface area contributed by atoms with Crippen LogP contribution in [0, 0.1) is 5.82 Å². The Bertz CT molecular complexity index is 804. The van der Waals surface area contributed by atoms with E-state index in [-0.39, 0.29) is 43.0 Å². The summed E-state index contributed by atoms with van der Waals surface area (Å²) in [5.74, 6) is -1.16. The van der Waals surface area contributed by atoms with Gasteiger partial charge in [0.1, 0.15) is 0 Å². The summed E-state index contributed by atoms with van der Waals surface area (Å²) in [5.41, 5.74) is 0. The zero-order valence-electron chi connectivity index (χ0n) is 14.2. The van der Waals surface area contributed by atoms with Crippen LogP contribution in [0.4, 0.5) is 9.18 Å². The molecule has 0 aromatic heterocycles. The van der Waals surface area contributed by atoms with Crippen molar-refractivity contribution >= 4 is 22.0 Å². The molecule has 0 N–H and O–H groups in total. The van der Waals surface area contributed by atoms with Crippen LogP contribution in [0.5, 0.6) is 5.75 Å². The van der Waals surface area contributed by atoms with E-state index in [0.717, 1.165) is 11.0 Å². The molecule has 3 rings (SSSR count). The van der Waals surface area contributed by atoms with Crippen LogP contribution >= 0.6 is 0 Å². The zero-order valence-corrected chi connectivity index (χ0v) is 15.0. The maximum Gasteiger partial charge on any atom is 0.417 e. The van der Waals surface area contributed by atoms with Gasteiger partial charge in [0.2, 0.25) is 10.0 Å². The van der Waals surface area contributed by atoms with Gasteiger partial charge in [-0.3, -0.25) is 4.79 Å². The Kier molecular flexibility index (Phi) is 5.15. The molecular formula is C16H19FN2O6S. The molecule has 8 nitrogen and oxygen atoms in total. The third-order valence-electron chi connectivity index (χ3n) is 4.41. The van der Waals surface area contributed by atoms with Gasteiger partial charge in [0, 0.05) is 19.1 Å². The number of hydrogen-bond acceptors (Lipinski definition) is 6. The average Bonchev–Trinajstić information content (AvgIpc) is 2.95. The third-order valence-corrected chi connectivity index (χ3v) is 6.31. The van der Waals surface area contributed by atoms with E-state index >= 15 is 0 Å². The molecule has 142 valence electrons. The lowest BCUT2D eigenvalue weighted by Gasteiger charge is -2.34. The van der Waals surface area contributed by atoms with E-state index in [1.807, 2.05) is 0 Å². The van der Waals surface area contributed by atoms with Gasteiger partial charge in [-0.2, -0.15) is 4.31 Å². The quantitative estimate of drug-likeness (QED) is 0.759. The van der Waals surface area contributed by atoms with Crippen LogP contribution in [-0.4, -0.2) is 62.0 Å². The number of sulfonamides is 1. The number of cyclic esters (lactones) is 1. The van der Waals surface area contributed by atoms with Crippen molar-refractivity contribution < 1.29 is 31.9 Å². The fourth-order valence-electron chi connectivity index (χ4n) is 3.12. The van der Waals surface area contributed by atoms with Crippen molar-refractivity contribution in [2.75, 3.05) is 26.3 Å². The van der Waals surface area contributed by atoms with Gasteiger partial charge >= 0.3 is 6.09 Å². The van der Waals surface area contributed by atoms with Gasteiger partial charge in [0.15, 0.2) is 18.2 Å². The van der Waals surface area contributed by atoms with Gasteiger partial charge in [0.05, 0.1) is 11.5 Å². The van der Waals surface area contributed by atoms with Crippen molar-refractivity contribution in [2.45, 2.75) is 30.7 Å². The number of hydrogen-bond donors (Lipinski definition) is 0. The SMILES string of the molecule is CCOc1ccc(S(=O)(=O)N2CCC(N3C(=O)COC3=O)CC2)cc1F. The van der Waals surface area contributed by atoms with E-state index in [4.69, 9.17) is 9.47 Å². The third kappa shape index (κ3) is 3.38. The van der Waals surface area contributed by atoms with Gasteiger partial charge < -0.3 is 9.47 Å². The lowest BCUT2D eigenvalue weighted by atomic mass is 10.1. The summed E-state index contributed by atoms with van der Waals surface area (Å²) >= 11 is 0. The second kappa shape index (κ2) is 7.20. The van der Waals surface area contributed by atoms with Crippen molar-refractivity contribution in [3.05, 3.63) is 24.0 Å². The van der Waals surface area contributed by atoms with Crippen LogP contribution in [0.15, 0.2) is 23.1 Å². The number of benzene rings is 1. The second-order valence-corrected chi connectivity index (χ2v) is 7.92. The van der Waals surface area contributed by atoms with E-state index in [1.54, 1.807) is 6.92 Å². The lowest BCUT2D eigenvalue weighted by Crippen LogP contribution is -2.48. The van der Waals surface area contributed by atoms with Crippen LogP contribution in [0.2, 0.25) is 0 Å². The maximum atomic E-state index is 14.0. The topological polar surface area (TPSA) is 93.2 Å². The first-order chi connectivity index (χ1) is 12.3. The number of imide groups is 1. The molecule has 2 saturated heterocycles. The highest BCUT2D eigenvalue weighted by Gasteiger charge is 2.40. The number of carbonyl (C=O) groups is 2. The summed E-state index contributed by atoms with van der Waals surface area (Å²) in [4.78, 5) is 24.2. The normalized spacial score (nSPS) is 19.7. The Morgan fingerprint density at radius 3 is 2.50 bits per heavy atom. The Balaban J connectivity index is 1.71. The predicted molar refractivity (Wildman–Crippen MR) is 87.5 cm³/mol. The molecule has 0 spiro atoms. The van der Waals surface area contributed by atoms with Gasteiger partial charge in [-0.05, 0) is 38.0 Å². The highest BCUT2D eigenvalue weighted by atomic mass is 32.2. The molecule has 2 amide bonds. The first-order valence-corrected chi connectivity index (χ1v) is 9.70. The van der Waals surface area contributed by atoms with E-state index in [2.05, 4.69) is 0 Å². The number of ether oxygens (including phenoxy) is 2. The van der Waals surface area contributed by atoms with Crippen LogP contribution in [0.25, 0.3) is 0 Å². The molecule has 10 heteroatoms. The largest absolute Gasteiger partial charge is 0.491 e. The van der Waals surface area contributed by atoms with Gasteiger partial charge in [0.25, 0.3) is 5.91 Å². The van der Waals surface area contributed by atoms with Gasteiger partial charge in [-0.15, -0.1) is 0 Å². The molecule has 0 radical (unpaired) electrons. The highest BCUT2D eigenvalue weighted by Crippen LogP contribution is 2.27. The van der Waals surface area contributed by atoms with Crippen LogP contribution in [-0.2, 0) is 19.6 Å². The summed E-state index contributed by atoms with van der Waals surface area (Å²) in [6, 6.07) is 3.14. The molecular weight excluding hydrogens is 367 g/mol. The molecule has 0 bridgehead atoms. The van der Waals surface area contributed by atoms with E-state index < -0.39 is 27.8 Å². The van der Waals surface area contributed by atoms with Crippen LogP contribution in [0.3, 0.4) is 0 Å². The number of amides is 2. The molecule has 26 heavy (non-hydrogen) atoms. The fraction of sp³-hybridized carbons (Fsp3) is 0.500. The molecule has 0 atom stereocenters. The average molecular weight is 386 g/mol. The second-order valence-electron chi connectivity index (χ2n) is 5.98. The molecule has 2 aliphatic rings. The van der Waals surface area contributed by atoms with Crippen molar-refractivity contribution in [1.29, 1.82) is 0 Å². The number of nitrogens with zero attached hydrogens (tertiary/aromatic N) is 2. The predicted octanol–water partition coefficient (Wildman–Crippen LogP) is 1.36. The number of piperidine rings is 1. The van der Waals surface area contributed by atoms with E-state index in [9.17, 15) is 22.4 Å². The van der Waals surface area contributed by atoms with Crippen molar-refractivity contribution in [1.82, 2.24) is 9.21 Å². The Morgan fingerprint density at radius 2 is 1.96 bits per heavy atom. The van der Waals surface area contributed by atoms with Crippen molar-refractivity contribution in [2.24, 2.45) is 0 Å². The number of rotatable bonds is 5. The number of carbonyl (C=O) groups excluding carboxylic acids is 2. The monoisotopic (exact) mass is 386 g/mol. The first-order valence-electron chi connectivity index (χ1n) is 8.26. The molecule has 2 heterocycles. The van der Waals surface area contributed by atoms with Crippen molar-refractivity contribution in [3.8, 4) is 5.75 Å². The minimum Gasteiger partial charge on any atom is -0.491 e. The highest BCUT2D eigenvalue weighted by molar-refractivity contribution is 7.89. The van der Waals surface area contributed by atoms with E-state index in [0.29, 0.717) is 12.8 Å². The summed E-state index contributed by atoms with van der Waals surface area (Å²) in [6.45, 7) is 1.95. The lowest BCUT2D eigenvalue weighted by molar-refractivity contribution is -0.127. The molecule has 0 unspecified atom stereocenters. The Morgan fingerprint density at radius 1 is 1.27 bits per heavy atom. The minimum absolute atomic E-state index is 0.00350. The molecule has 1 aromatic carbocycles. The maximum absolute atomic E-state index is 14.0. The standard InChI is InChI=1S/C16H19FN2O6S/c1-2-24-14-4-3-12(9-13(14)17)26(22,23)18-7-5-11(6-8-18)19-15(20)10-25-16(19)21/h3-4,9,11H,2,5-8,10H2,1H3. The molecule has 2 aliphatic heterocycles. The van der Waals surface area contributed by atoms with Gasteiger partial charge in [-0.1, -0.05) is 0 Å². The van der Waals surface area contributed by atoms with Crippen LogP contribution in [0.1, 0.15) is 19.8 Å². The summed E-state index contributed by atoms with van der Waals surface area (Å²) in [6.07, 6.45) is -0.0796. The minimum atomic E-state index is -3.87. The fourth-order valence-corrected chi connectivity index (χ4v) is 4.60. The summed E-state index contributed by atoms with van der Waals surface area (Å²) in [7, 11) is -3.87. The summed E-state index contributed by atoms with van der Waals surface area (Å²) in [5, 5.41) is 0. The zero-order chi connectivity index (χ0) is 18.9.